The number of nitrogens with zero attached hydrogens (tertiary/aromatic N) is 2. The molecule has 0 saturated heterocycles. The van der Waals surface area contributed by atoms with E-state index in [9.17, 15) is 4.79 Å². The predicted octanol–water partition coefficient (Wildman–Crippen LogP) is 0.148. The molecule has 1 rings (SSSR count). The summed E-state index contributed by atoms with van der Waals surface area (Å²) in [6.45, 7) is 0. The van der Waals surface area contributed by atoms with E-state index in [1.54, 1.807) is 0 Å². The van der Waals surface area contributed by atoms with E-state index in [2.05, 4.69) is 10.2 Å². The van der Waals surface area contributed by atoms with Gasteiger partial charge in [-0.15, -0.1) is 0 Å². The summed E-state index contributed by atoms with van der Waals surface area (Å²) in [5.74, 6) is -1.31. The van der Waals surface area contributed by atoms with Gasteiger partial charge in [-0.05, 0) is 0 Å². The van der Waals surface area contributed by atoms with E-state index in [0.717, 1.165) is 0 Å². The highest BCUT2D eigenvalue weighted by Gasteiger charge is 2.14. The second-order valence-electron chi connectivity index (χ2n) is 1.74. The average molecular weight is 126 g/mol. The summed E-state index contributed by atoms with van der Waals surface area (Å²) in [6, 6.07) is 0. The van der Waals surface area contributed by atoms with Gasteiger partial charge in [-0.1, -0.05) is 0 Å². The number of carboxylic acids is 1. The van der Waals surface area contributed by atoms with Crippen molar-refractivity contribution >= 4 is 18.4 Å². The van der Waals surface area contributed by atoms with E-state index < -0.39 is 11.9 Å². The zero-order valence-corrected chi connectivity index (χ0v) is 4.69. The third-order valence-electron chi connectivity index (χ3n) is 1.07. The first-order valence-corrected chi connectivity index (χ1v) is 2.58. The molecule has 1 atom stereocenters. The summed E-state index contributed by atoms with van der Waals surface area (Å²) in [7, 11) is 0. The lowest BCUT2D eigenvalue weighted by Crippen LogP contribution is -2.16. The van der Waals surface area contributed by atoms with Crippen LogP contribution < -0.4 is 0 Å². The Morgan fingerprint density at radius 1 is 1.67 bits per heavy atom. The normalized spacial score (nSPS) is 24.2. The smallest absolute Gasteiger partial charge is 0.312 e. The summed E-state index contributed by atoms with van der Waals surface area (Å²) in [5, 5.41) is 15.3. The van der Waals surface area contributed by atoms with Crippen LogP contribution in [-0.4, -0.2) is 23.5 Å². The van der Waals surface area contributed by atoms with Gasteiger partial charge in [-0.2, -0.15) is 10.2 Å². The number of hydrogen-bond acceptors (Lipinski definition) is 3. The van der Waals surface area contributed by atoms with E-state index in [1.807, 2.05) is 0 Å². The summed E-state index contributed by atoms with van der Waals surface area (Å²) in [4.78, 5) is 10.2. The molecule has 0 fully saturated rings. The standard InChI is InChI=1S/C5H6N2O2/c8-5(9)4-1-2-6-7-3-4/h2-4H,1H2,(H,8,9). The summed E-state index contributed by atoms with van der Waals surface area (Å²) in [6.07, 6.45) is 3.29. The molecule has 1 N–H and O–H groups in total. The molecule has 0 aromatic heterocycles. The van der Waals surface area contributed by atoms with Crippen LogP contribution in [0, 0.1) is 5.92 Å². The highest BCUT2D eigenvalue weighted by molar-refractivity contribution is 5.92. The molecule has 1 aliphatic heterocycles. The van der Waals surface area contributed by atoms with Gasteiger partial charge < -0.3 is 5.11 Å². The highest BCUT2D eigenvalue weighted by atomic mass is 16.4. The van der Waals surface area contributed by atoms with Crippen LogP contribution in [-0.2, 0) is 4.79 Å². The lowest BCUT2D eigenvalue weighted by Gasteiger charge is -2.02. The summed E-state index contributed by atoms with van der Waals surface area (Å²) >= 11 is 0. The molecule has 1 heterocycles. The van der Waals surface area contributed by atoms with E-state index in [4.69, 9.17) is 5.11 Å². The second kappa shape index (κ2) is 2.39. The van der Waals surface area contributed by atoms with Crippen LogP contribution in [0.5, 0.6) is 0 Å². The van der Waals surface area contributed by atoms with E-state index in [0.29, 0.717) is 6.42 Å². The maximum atomic E-state index is 10.2. The van der Waals surface area contributed by atoms with Gasteiger partial charge in [-0.25, -0.2) is 0 Å². The maximum absolute atomic E-state index is 10.2. The minimum Gasteiger partial charge on any atom is -0.481 e. The highest BCUT2D eigenvalue weighted by Crippen LogP contribution is 2.01. The van der Waals surface area contributed by atoms with Crippen molar-refractivity contribution in [1.82, 2.24) is 0 Å². The third-order valence-corrected chi connectivity index (χ3v) is 1.07. The minimum absolute atomic E-state index is 0.457. The summed E-state index contributed by atoms with van der Waals surface area (Å²) in [5.41, 5.74) is 0. The quantitative estimate of drug-likeness (QED) is 0.543. The molecule has 48 valence electrons. The van der Waals surface area contributed by atoms with Crippen LogP contribution in [0.1, 0.15) is 6.42 Å². The first-order chi connectivity index (χ1) is 4.30. The molecule has 1 aliphatic rings. The van der Waals surface area contributed by atoms with Crippen LogP contribution in [0.2, 0.25) is 0 Å². The first kappa shape index (κ1) is 5.94. The van der Waals surface area contributed by atoms with Crippen LogP contribution in [0.4, 0.5) is 0 Å². The molecule has 4 heteroatoms. The second-order valence-corrected chi connectivity index (χ2v) is 1.74. The van der Waals surface area contributed by atoms with Crippen LogP contribution in [0.15, 0.2) is 10.2 Å². The van der Waals surface area contributed by atoms with Gasteiger partial charge in [-0.3, -0.25) is 4.79 Å². The Morgan fingerprint density at radius 3 is 2.78 bits per heavy atom. The van der Waals surface area contributed by atoms with Gasteiger partial charge in [0.1, 0.15) is 0 Å². The fourth-order valence-electron chi connectivity index (χ4n) is 0.552. The molecule has 1 unspecified atom stereocenters. The average Bonchev–Trinajstić information content (AvgIpc) is 1.90. The molecule has 9 heavy (non-hydrogen) atoms. The Bertz CT molecular complexity index is 174. The van der Waals surface area contributed by atoms with Gasteiger partial charge in [0.15, 0.2) is 0 Å². The number of carbonyl (C=O) groups is 1. The lowest BCUT2D eigenvalue weighted by atomic mass is 10.1. The topological polar surface area (TPSA) is 62.0 Å². The van der Waals surface area contributed by atoms with Gasteiger partial charge in [0, 0.05) is 18.9 Å². The summed E-state index contributed by atoms with van der Waals surface area (Å²) < 4.78 is 0. The van der Waals surface area contributed by atoms with Crippen molar-refractivity contribution in [2.24, 2.45) is 16.1 Å². The fraction of sp³-hybridized carbons (Fsp3) is 0.400. The van der Waals surface area contributed by atoms with E-state index in [-0.39, 0.29) is 0 Å². The van der Waals surface area contributed by atoms with Gasteiger partial charge in [0.25, 0.3) is 0 Å². The lowest BCUT2D eigenvalue weighted by molar-refractivity contribution is -0.139. The third kappa shape index (κ3) is 1.35. The minimum atomic E-state index is -0.843. The SMILES string of the molecule is O=C(O)C1C=NN=CC1. The van der Waals surface area contributed by atoms with Crippen molar-refractivity contribution < 1.29 is 9.90 Å². The fourth-order valence-corrected chi connectivity index (χ4v) is 0.552. The van der Waals surface area contributed by atoms with Crippen molar-refractivity contribution in [2.45, 2.75) is 6.42 Å². The van der Waals surface area contributed by atoms with Crippen molar-refractivity contribution in [3.63, 3.8) is 0 Å². The Kier molecular flexibility index (Phi) is 1.58. The van der Waals surface area contributed by atoms with Gasteiger partial charge in [0.2, 0.25) is 0 Å². The molecule has 0 saturated carbocycles. The zero-order valence-electron chi connectivity index (χ0n) is 4.69. The van der Waals surface area contributed by atoms with E-state index in [1.165, 1.54) is 12.4 Å². The Hall–Kier alpha value is -1.19. The zero-order chi connectivity index (χ0) is 6.69. The Balaban J connectivity index is 2.56. The molecule has 0 spiro atoms. The first-order valence-electron chi connectivity index (χ1n) is 2.58. The van der Waals surface area contributed by atoms with Crippen LogP contribution >= 0.6 is 0 Å². The van der Waals surface area contributed by atoms with Crippen molar-refractivity contribution in [2.75, 3.05) is 0 Å². The monoisotopic (exact) mass is 126 g/mol. The van der Waals surface area contributed by atoms with Gasteiger partial charge in [0.05, 0.1) is 5.92 Å². The Morgan fingerprint density at radius 2 is 2.44 bits per heavy atom. The number of hydrogen-bond donors (Lipinski definition) is 1. The van der Waals surface area contributed by atoms with E-state index >= 15 is 0 Å². The van der Waals surface area contributed by atoms with Gasteiger partial charge >= 0.3 is 5.97 Å². The molecule has 0 aliphatic carbocycles. The van der Waals surface area contributed by atoms with Crippen LogP contribution in [0.25, 0.3) is 0 Å². The predicted molar refractivity (Wildman–Crippen MR) is 32.7 cm³/mol. The van der Waals surface area contributed by atoms with Crippen LogP contribution in [0.3, 0.4) is 0 Å². The maximum Gasteiger partial charge on any atom is 0.312 e. The molecule has 0 aromatic carbocycles. The van der Waals surface area contributed by atoms with Crippen molar-refractivity contribution in [1.29, 1.82) is 0 Å². The molecule has 0 radical (unpaired) electrons. The molecule has 4 nitrogen and oxygen atoms in total. The molecule has 0 aromatic rings. The molecule has 0 amide bonds. The molecular formula is C5H6N2O2. The van der Waals surface area contributed by atoms with Crippen molar-refractivity contribution in [3.05, 3.63) is 0 Å². The number of carboxylic acid groups (broad SMARTS) is 1. The number of rotatable bonds is 1. The molecule has 0 bridgehead atoms. The van der Waals surface area contributed by atoms with Crippen molar-refractivity contribution in [3.8, 4) is 0 Å². The number of aliphatic carboxylic acids is 1. The Labute approximate surface area is 51.9 Å². The molecular weight excluding hydrogens is 120 g/mol. The largest absolute Gasteiger partial charge is 0.481 e.